The van der Waals surface area contributed by atoms with Crippen LogP contribution in [0.15, 0.2) is 28.2 Å². The molecule has 1 aromatic carbocycles. The third kappa shape index (κ3) is 3.78. The summed E-state index contributed by atoms with van der Waals surface area (Å²) in [4.78, 5) is 14.3. The summed E-state index contributed by atoms with van der Waals surface area (Å²) in [7, 11) is -3.71. The van der Waals surface area contributed by atoms with Crippen LogP contribution < -0.4 is 5.32 Å². The molecule has 3 rings (SSSR count). The Morgan fingerprint density at radius 2 is 1.85 bits per heavy atom. The van der Waals surface area contributed by atoms with Gasteiger partial charge >= 0.3 is 0 Å². The van der Waals surface area contributed by atoms with Crippen LogP contribution in [-0.2, 0) is 14.8 Å². The van der Waals surface area contributed by atoms with E-state index in [-0.39, 0.29) is 11.8 Å². The van der Waals surface area contributed by atoms with Gasteiger partial charge in [0, 0.05) is 31.1 Å². The number of hydrogen-bond acceptors (Lipinski definition) is 4. The number of piperidine rings is 1. The molecule has 6 nitrogen and oxygen atoms in total. The molecule has 1 amide bonds. The van der Waals surface area contributed by atoms with Gasteiger partial charge in [0.25, 0.3) is 10.0 Å². The van der Waals surface area contributed by atoms with Crippen LogP contribution in [0, 0.1) is 19.8 Å². The molecule has 0 atom stereocenters. The Balaban J connectivity index is 1.84. The van der Waals surface area contributed by atoms with Gasteiger partial charge in [-0.2, -0.15) is 8.42 Å². The van der Waals surface area contributed by atoms with Crippen molar-refractivity contribution in [3.8, 4) is 0 Å². The van der Waals surface area contributed by atoms with Crippen LogP contribution in [0.2, 0.25) is 0 Å². The van der Waals surface area contributed by atoms with Gasteiger partial charge in [-0.25, -0.2) is 0 Å². The second-order valence-corrected chi connectivity index (χ2v) is 8.84. The number of likely N-dealkylation sites (tertiary alicyclic amines) is 1. The van der Waals surface area contributed by atoms with Gasteiger partial charge in [-0.15, -0.1) is 4.40 Å². The fourth-order valence-electron chi connectivity index (χ4n) is 3.74. The molecule has 0 radical (unpaired) electrons. The molecule has 2 aliphatic heterocycles. The van der Waals surface area contributed by atoms with E-state index in [0.717, 1.165) is 11.1 Å². The number of carbonyl (C=O) groups excluding carboxylic acids is 1. The average Bonchev–Trinajstić information content (AvgIpc) is 2.87. The van der Waals surface area contributed by atoms with E-state index in [2.05, 4.69) is 9.71 Å². The second-order valence-electron chi connectivity index (χ2n) is 7.30. The maximum absolute atomic E-state index is 12.7. The topological polar surface area (TPSA) is 78.8 Å². The lowest BCUT2D eigenvalue weighted by molar-refractivity contribution is -0.126. The summed E-state index contributed by atoms with van der Waals surface area (Å²) in [5, 5.41) is 2.87. The minimum Gasteiger partial charge on any atom is -0.356 e. The van der Waals surface area contributed by atoms with Crippen molar-refractivity contribution in [1.82, 2.24) is 10.2 Å². The Morgan fingerprint density at radius 1 is 1.19 bits per heavy atom. The number of hydrogen-bond donors (Lipinski definition) is 1. The molecule has 1 aromatic rings. The molecule has 2 heterocycles. The summed E-state index contributed by atoms with van der Waals surface area (Å²) < 4.78 is 29.6. The van der Waals surface area contributed by atoms with Crippen molar-refractivity contribution in [2.45, 2.75) is 40.5 Å². The van der Waals surface area contributed by atoms with E-state index in [1.165, 1.54) is 0 Å². The molecule has 7 heteroatoms. The van der Waals surface area contributed by atoms with Gasteiger partial charge < -0.3 is 10.2 Å². The molecule has 0 bridgehead atoms. The van der Waals surface area contributed by atoms with Gasteiger partial charge in [0.15, 0.2) is 0 Å². The standard InChI is InChI=1S/C20H27N3O3S/c1-5-21-20(24)16-8-10-23(11-9-16)19-15(4)18(27(25,26)22-19)17-7-6-13(2)14(3)12-17/h6-7,12,16H,5,8-11H2,1-4H3,(H,21,24). The van der Waals surface area contributed by atoms with Gasteiger partial charge in [0.1, 0.15) is 10.7 Å². The van der Waals surface area contributed by atoms with Gasteiger partial charge in [-0.1, -0.05) is 18.2 Å². The number of rotatable bonds is 3. The number of sulfonamides is 1. The molecular weight excluding hydrogens is 362 g/mol. The van der Waals surface area contributed by atoms with Crippen LogP contribution in [0.5, 0.6) is 0 Å². The molecule has 0 spiro atoms. The summed E-state index contributed by atoms with van der Waals surface area (Å²) in [6.45, 7) is 9.61. The summed E-state index contributed by atoms with van der Waals surface area (Å²) in [6.07, 6.45) is 1.41. The number of amides is 1. The van der Waals surface area contributed by atoms with Crippen molar-refractivity contribution in [3.63, 3.8) is 0 Å². The van der Waals surface area contributed by atoms with E-state index in [1.54, 1.807) is 0 Å². The highest BCUT2D eigenvalue weighted by Gasteiger charge is 2.35. The molecular formula is C20H27N3O3S. The minimum absolute atomic E-state index is 0.0108. The van der Waals surface area contributed by atoms with Crippen LogP contribution in [0.1, 0.15) is 43.4 Å². The first-order valence-corrected chi connectivity index (χ1v) is 10.8. The van der Waals surface area contributed by atoms with E-state index in [0.29, 0.717) is 54.4 Å². The minimum atomic E-state index is -3.71. The predicted octanol–water partition coefficient (Wildman–Crippen LogP) is 2.62. The molecule has 146 valence electrons. The Bertz CT molecular complexity index is 924. The predicted molar refractivity (Wildman–Crippen MR) is 108 cm³/mol. The monoisotopic (exact) mass is 389 g/mol. The second kappa shape index (κ2) is 7.46. The molecule has 1 N–H and O–H groups in total. The van der Waals surface area contributed by atoms with Crippen LogP contribution in [0.25, 0.3) is 4.91 Å². The number of nitrogens with one attached hydrogen (secondary N) is 1. The molecule has 0 unspecified atom stereocenters. The summed E-state index contributed by atoms with van der Waals surface area (Å²) in [5.74, 6) is 0.599. The first-order valence-electron chi connectivity index (χ1n) is 9.41. The van der Waals surface area contributed by atoms with Crippen LogP contribution >= 0.6 is 0 Å². The Labute approximate surface area is 161 Å². The molecule has 1 fully saturated rings. The number of benzene rings is 1. The number of amidine groups is 1. The summed E-state index contributed by atoms with van der Waals surface area (Å²) in [6, 6.07) is 5.69. The lowest BCUT2D eigenvalue weighted by atomic mass is 9.95. The zero-order valence-electron chi connectivity index (χ0n) is 16.4. The summed E-state index contributed by atoms with van der Waals surface area (Å²) >= 11 is 0. The van der Waals surface area contributed by atoms with Crippen LogP contribution in [0.4, 0.5) is 0 Å². The van der Waals surface area contributed by atoms with Gasteiger partial charge in [-0.05, 0) is 57.2 Å². The van der Waals surface area contributed by atoms with Crippen molar-refractivity contribution in [1.29, 1.82) is 0 Å². The molecule has 2 aliphatic rings. The number of aryl methyl sites for hydroxylation is 2. The zero-order valence-corrected chi connectivity index (χ0v) is 17.2. The van der Waals surface area contributed by atoms with Crippen LogP contribution in [0.3, 0.4) is 0 Å². The highest BCUT2D eigenvalue weighted by atomic mass is 32.2. The molecule has 0 saturated carbocycles. The lowest BCUT2D eigenvalue weighted by Crippen LogP contribution is -2.43. The maximum atomic E-state index is 12.7. The van der Waals surface area contributed by atoms with E-state index >= 15 is 0 Å². The van der Waals surface area contributed by atoms with Gasteiger partial charge in [0.2, 0.25) is 5.91 Å². The van der Waals surface area contributed by atoms with E-state index in [1.807, 2.05) is 50.8 Å². The summed E-state index contributed by atoms with van der Waals surface area (Å²) in [5.41, 5.74) is 3.56. The maximum Gasteiger partial charge on any atom is 0.285 e. The van der Waals surface area contributed by atoms with Crippen molar-refractivity contribution >= 4 is 26.7 Å². The van der Waals surface area contributed by atoms with Crippen molar-refractivity contribution < 1.29 is 13.2 Å². The van der Waals surface area contributed by atoms with E-state index in [9.17, 15) is 13.2 Å². The van der Waals surface area contributed by atoms with Crippen molar-refractivity contribution in [2.75, 3.05) is 19.6 Å². The smallest absolute Gasteiger partial charge is 0.285 e. The molecule has 27 heavy (non-hydrogen) atoms. The van der Waals surface area contributed by atoms with Gasteiger partial charge in [-0.3, -0.25) is 4.79 Å². The fraction of sp³-hybridized carbons (Fsp3) is 0.500. The van der Waals surface area contributed by atoms with E-state index in [4.69, 9.17) is 0 Å². The largest absolute Gasteiger partial charge is 0.356 e. The first kappa shape index (κ1) is 19.6. The lowest BCUT2D eigenvalue weighted by Gasteiger charge is -2.32. The third-order valence-corrected chi connectivity index (χ3v) is 6.90. The normalized spacial score (nSPS) is 20.0. The Hall–Kier alpha value is -2.15. The Morgan fingerprint density at radius 3 is 2.44 bits per heavy atom. The average molecular weight is 390 g/mol. The molecule has 0 aromatic heterocycles. The fourth-order valence-corrected chi connectivity index (χ4v) is 5.21. The highest BCUT2D eigenvalue weighted by molar-refractivity contribution is 8.00. The first-order chi connectivity index (χ1) is 12.7. The van der Waals surface area contributed by atoms with Gasteiger partial charge in [0.05, 0.1) is 0 Å². The Kier molecular flexibility index (Phi) is 5.42. The molecule has 1 saturated heterocycles. The third-order valence-electron chi connectivity index (χ3n) is 5.43. The highest BCUT2D eigenvalue weighted by Crippen LogP contribution is 2.35. The van der Waals surface area contributed by atoms with Crippen LogP contribution in [-0.4, -0.2) is 44.7 Å². The SMILES string of the molecule is CCNC(=O)C1CCN(C2=NS(=O)(=O)C(c3ccc(C)c(C)c3)=C2C)CC1. The van der Waals surface area contributed by atoms with Crippen molar-refractivity contribution in [3.05, 3.63) is 40.5 Å². The zero-order chi connectivity index (χ0) is 19.8. The quantitative estimate of drug-likeness (QED) is 0.862. The van der Waals surface area contributed by atoms with E-state index < -0.39 is 10.0 Å². The number of carbonyl (C=O) groups is 1. The number of nitrogens with zero attached hydrogens (tertiary/aromatic N) is 2. The van der Waals surface area contributed by atoms with Crippen molar-refractivity contribution in [2.24, 2.45) is 10.3 Å². The molecule has 0 aliphatic carbocycles.